The Labute approximate surface area is 165 Å². The molecular formula is C19H21F2N5OS. The number of phenolic OH excluding ortho intramolecular Hbond substituents is 1. The zero-order valence-corrected chi connectivity index (χ0v) is 16.4. The fourth-order valence-corrected chi connectivity index (χ4v) is 4.56. The first-order valence-corrected chi connectivity index (χ1v) is 9.94. The number of thiophene rings is 1. The predicted octanol–water partition coefficient (Wildman–Crippen LogP) is 3.76. The molecule has 2 N–H and O–H groups in total. The monoisotopic (exact) mass is 405 g/mol. The molecule has 0 bridgehead atoms. The van der Waals surface area contributed by atoms with Gasteiger partial charge in [0.25, 0.3) is 0 Å². The summed E-state index contributed by atoms with van der Waals surface area (Å²) in [5, 5.41) is 24.8. The van der Waals surface area contributed by atoms with Crippen molar-refractivity contribution in [3.05, 3.63) is 29.3 Å². The summed E-state index contributed by atoms with van der Waals surface area (Å²) in [6.07, 6.45) is -1.98. The van der Waals surface area contributed by atoms with Crippen molar-refractivity contribution in [1.29, 1.82) is 0 Å². The molecular weight excluding hydrogens is 384 g/mol. The molecule has 4 rings (SSSR count). The van der Waals surface area contributed by atoms with Gasteiger partial charge in [0.15, 0.2) is 0 Å². The summed E-state index contributed by atoms with van der Waals surface area (Å²) >= 11 is 1.55. The van der Waals surface area contributed by atoms with Crippen LogP contribution in [-0.2, 0) is 0 Å². The second-order valence-corrected chi connectivity index (χ2v) is 8.20. The number of aromatic nitrogens is 3. The number of nitrogens with zero attached hydrogens (tertiary/aromatic N) is 4. The van der Waals surface area contributed by atoms with Crippen molar-refractivity contribution in [2.75, 3.05) is 25.5 Å². The van der Waals surface area contributed by atoms with Gasteiger partial charge in [-0.05, 0) is 44.0 Å². The number of halogens is 2. The number of rotatable bonds is 4. The first-order valence-electron chi connectivity index (χ1n) is 9.06. The molecule has 0 unspecified atom stereocenters. The lowest BCUT2D eigenvalue weighted by atomic mass is 9.95. The molecule has 1 fully saturated rings. The maximum Gasteiger partial charge on any atom is 0.243 e. The van der Waals surface area contributed by atoms with Crippen LogP contribution >= 0.6 is 11.3 Å². The lowest BCUT2D eigenvalue weighted by Gasteiger charge is -2.35. The van der Waals surface area contributed by atoms with Crippen molar-refractivity contribution in [3.8, 4) is 17.0 Å². The minimum Gasteiger partial charge on any atom is -0.507 e. The van der Waals surface area contributed by atoms with E-state index in [-0.39, 0.29) is 11.8 Å². The topological polar surface area (TPSA) is 74.2 Å². The van der Waals surface area contributed by atoms with E-state index in [2.05, 4.69) is 20.5 Å². The zero-order valence-electron chi connectivity index (χ0n) is 15.6. The van der Waals surface area contributed by atoms with E-state index < -0.39 is 12.3 Å². The summed E-state index contributed by atoms with van der Waals surface area (Å²) in [6.45, 7) is 2.82. The first kappa shape index (κ1) is 18.9. The highest BCUT2D eigenvalue weighted by molar-refractivity contribution is 7.17. The average molecular weight is 405 g/mol. The molecule has 6 nitrogen and oxygen atoms in total. The standard InChI is InChI=1S/C19H21F2N5OS/c1-10-16(14-3-4-15-13(17(14)27)5-6-28-15)24-25-19(22-10)23-12-7-11(18(20)21)8-26(2)9-12/h3-6,11-12,18,27H,7-9H2,1-2H3,(H,22,23,25)/t11-,12-/m1/s1. The Kier molecular flexibility index (Phi) is 5.11. The summed E-state index contributed by atoms with van der Waals surface area (Å²) in [5.41, 5.74) is 1.68. The molecule has 0 saturated carbocycles. The molecule has 9 heteroatoms. The van der Waals surface area contributed by atoms with E-state index in [1.54, 1.807) is 18.3 Å². The quantitative estimate of drug-likeness (QED) is 0.688. The maximum absolute atomic E-state index is 13.1. The minimum absolute atomic E-state index is 0.160. The summed E-state index contributed by atoms with van der Waals surface area (Å²) in [5.74, 6) is -0.197. The summed E-state index contributed by atoms with van der Waals surface area (Å²) in [6, 6.07) is 5.44. The highest BCUT2D eigenvalue weighted by atomic mass is 32.1. The highest BCUT2D eigenvalue weighted by Gasteiger charge is 2.31. The van der Waals surface area contributed by atoms with Crippen molar-refractivity contribution in [2.24, 2.45) is 5.92 Å². The van der Waals surface area contributed by atoms with Crippen LogP contribution in [-0.4, -0.2) is 57.8 Å². The molecule has 1 aromatic carbocycles. The third-order valence-corrected chi connectivity index (χ3v) is 5.96. The van der Waals surface area contributed by atoms with Crippen LogP contribution in [0.3, 0.4) is 0 Å². The number of nitrogens with one attached hydrogen (secondary N) is 1. The van der Waals surface area contributed by atoms with Crippen LogP contribution in [0.15, 0.2) is 23.6 Å². The van der Waals surface area contributed by atoms with Gasteiger partial charge in [-0.2, -0.15) is 0 Å². The van der Waals surface area contributed by atoms with Crippen LogP contribution in [0.1, 0.15) is 12.1 Å². The fourth-order valence-electron chi connectivity index (χ4n) is 3.77. The Morgan fingerprint density at radius 3 is 2.82 bits per heavy atom. The molecule has 2 aromatic heterocycles. The molecule has 0 spiro atoms. The van der Waals surface area contributed by atoms with Gasteiger partial charge < -0.3 is 15.3 Å². The number of hydrogen-bond acceptors (Lipinski definition) is 7. The fraction of sp³-hybridized carbons (Fsp3) is 0.421. The number of anilines is 1. The van der Waals surface area contributed by atoms with E-state index in [0.29, 0.717) is 42.4 Å². The second kappa shape index (κ2) is 7.56. The Hall–Kier alpha value is -2.39. The molecule has 1 aliphatic heterocycles. The third kappa shape index (κ3) is 3.64. The Morgan fingerprint density at radius 2 is 2.07 bits per heavy atom. The van der Waals surface area contributed by atoms with E-state index >= 15 is 0 Å². The first-order chi connectivity index (χ1) is 13.4. The lowest BCUT2D eigenvalue weighted by Crippen LogP contribution is -2.46. The van der Waals surface area contributed by atoms with Crippen LogP contribution in [0.25, 0.3) is 21.3 Å². The molecule has 3 heterocycles. The molecule has 1 saturated heterocycles. The molecule has 3 aromatic rings. The number of benzene rings is 1. The van der Waals surface area contributed by atoms with Gasteiger partial charge >= 0.3 is 0 Å². The lowest BCUT2D eigenvalue weighted by molar-refractivity contribution is 0.0310. The zero-order chi connectivity index (χ0) is 19.8. The van der Waals surface area contributed by atoms with Crippen LogP contribution in [0, 0.1) is 12.8 Å². The second-order valence-electron chi connectivity index (χ2n) is 7.26. The molecule has 0 radical (unpaired) electrons. The Bertz CT molecular complexity index is 996. The molecule has 1 aliphatic rings. The van der Waals surface area contributed by atoms with Crippen molar-refractivity contribution in [3.63, 3.8) is 0 Å². The minimum atomic E-state index is -2.34. The van der Waals surface area contributed by atoms with E-state index in [4.69, 9.17) is 0 Å². The number of hydrogen-bond donors (Lipinski definition) is 2. The summed E-state index contributed by atoms with van der Waals surface area (Å²) in [7, 11) is 1.83. The molecule has 28 heavy (non-hydrogen) atoms. The van der Waals surface area contributed by atoms with Crippen molar-refractivity contribution in [1.82, 2.24) is 20.1 Å². The van der Waals surface area contributed by atoms with E-state index in [0.717, 1.165) is 10.1 Å². The summed E-state index contributed by atoms with van der Waals surface area (Å²) in [4.78, 5) is 6.34. The van der Waals surface area contributed by atoms with E-state index in [1.807, 2.05) is 35.5 Å². The smallest absolute Gasteiger partial charge is 0.243 e. The van der Waals surface area contributed by atoms with E-state index in [9.17, 15) is 13.9 Å². The molecule has 0 aliphatic carbocycles. The predicted molar refractivity (Wildman–Crippen MR) is 106 cm³/mol. The number of likely N-dealkylation sites (tertiary alicyclic amines) is 1. The van der Waals surface area contributed by atoms with Crippen molar-refractivity contribution in [2.45, 2.75) is 25.8 Å². The number of fused-ring (bicyclic) bond motifs is 1. The number of piperidine rings is 1. The number of aromatic hydroxyl groups is 1. The van der Waals surface area contributed by atoms with Crippen molar-refractivity contribution >= 4 is 27.4 Å². The Morgan fingerprint density at radius 1 is 1.25 bits per heavy atom. The Balaban J connectivity index is 1.57. The average Bonchev–Trinajstić information content (AvgIpc) is 3.12. The van der Waals surface area contributed by atoms with Gasteiger partial charge in [0, 0.05) is 40.7 Å². The van der Waals surface area contributed by atoms with Gasteiger partial charge in [-0.15, -0.1) is 21.5 Å². The normalized spacial score (nSPS) is 20.8. The SMILES string of the molecule is Cc1nc(N[C@@H]2C[C@@H](C(F)F)CN(C)C2)nnc1-c1ccc2sccc2c1O. The highest BCUT2D eigenvalue weighted by Crippen LogP contribution is 2.38. The van der Waals surface area contributed by atoms with Gasteiger partial charge in [0.05, 0.1) is 5.69 Å². The van der Waals surface area contributed by atoms with Gasteiger partial charge in [-0.25, -0.2) is 13.8 Å². The summed E-state index contributed by atoms with van der Waals surface area (Å²) < 4.78 is 27.2. The third-order valence-electron chi connectivity index (χ3n) is 5.08. The van der Waals surface area contributed by atoms with Crippen LogP contribution < -0.4 is 5.32 Å². The maximum atomic E-state index is 13.1. The van der Waals surface area contributed by atoms with Crippen LogP contribution in [0.4, 0.5) is 14.7 Å². The van der Waals surface area contributed by atoms with E-state index in [1.165, 1.54) is 0 Å². The number of phenols is 1. The molecule has 148 valence electrons. The van der Waals surface area contributed by atoms with Gasteiger partial charge in [-0.3, -0.25) is 0 Å². The molecule has 0 amide bonds. The number of aryl methyl sites for hydroxylation is 1. The van der Waals surface area contributed by atoms with Gasteiger partial charge in [0.2, 0.25) is 12.4 Å². The molecule has 2 atom stereocenters. The van der Waals surface area contributed by atoms with Crippen LogP contribution in [0.2, 0.25) is 0 Å². The largest absolute Gasteiger partial charge is 0.507 e. The van der Waals surface area contributed by atoms with Crippen molar-refractivity contribution < 1.29 is 13.9 Å². The number of likely N-dealkylation sites (N-methyl/N-ethyl adjacent to an activating group) is 1. The van der Waals surface area contributed by atoms with Crippen LogP contribution in [0.5, 0.6) is 5.75 Å². The van der Waals surface area contributed by atoms with Gasteiger partial charge in [-0.1, -0.05) is 0 Å². The van der Waals surface area contributed by atoms with Gasteiger partial charge in [0.1, 0.15) is 11.4 Å². The number of alkyl halides is 2.